The number of rotatable bonds is 6. The zero-order valence-corrected chi connectivity index (χ0v) is 15.3. The molecule has 3 rings (SSSR count). The maximum Gasteiger partial charge on any atom is 0.416 e. The van der Waals surface area contributed by atoms with Gasteiger partial charge < -0.3 is 4.90 Å². The highest BCUT2D eigenvalue weighted by atomic mass is 19.4. The Hall–Kier alpha value is -2.76. The summed E-state index contributed by atoms with van der Waals surface area (Å²) in [4.78, 5) is 14.4. The Bertz CT molecular complexity index is 832. The molecule has 1 saturated heterocycles. The van der Waals surface area contributed by atoms with Crippen molar-refractivity contribution >= 4 is 11.4 Å². The molecule has 0 saturated carbocycles. The van der Waals surface area contributed by atoms with Crippen LogP contribution < -0.4 is 4.90 Å². The quantitative estimate of drug-likeness (QED) is 0.544. The van der Waals surface area contributed by atoms with E-state index in [1.165, 1.54) is 6.07 Å². The van der Waals surface area contributed by atoms with E-state index < -0.39 is 22.4 Å². The first-order valence-corrected chi connectivity index (χ1v) is 8.87. The first-order chi connectivity index (χ1) is 13.3. The van der Waals surface area contributed by atoms with Gasteiger partial charge in [0.15, 0.2) is 5.82 Å². The average Bonchev–Trinajstić information content (AvgIpc) is 3.08. The zero-order valence-electron chi connectivity index (χ0n) is 15.3. The molecule has 1 aromatic heterocycles. The summed E-state index contributed by atoms with van der Waals surface area (Å²) in [7, 11) is 0. The van der Waals surface area contributed by atoms with Crippen molar-refractivity contribution in [3.63, 3.8) is 0 Å². The lowest BCUT2D eigenvalue weighted by atomic mass is 10.1. The zero-order chi connectivity index (χ0) is 20.3. The summed E-state index contributed by atoms with van der Waals surface area (Å²) in [5.41, 5.74) is -1.35. The van der Waals surface area contributed by atoms with Crippen LogP contribution in [0.5, 0.6) is 0 Å². The van der Waals surface area contributed by atoms with Crippen molar-refractivity contribution in [1.82, 2.24) is 25.1 Å². The molecular weight excluding hydrogens is 379 g/mol. The fraction of sp³-hybridized carbons (Fsp3) is 0.562. The average molecular weight is 399 g/mol. The monoisotopic (exact) mass is 399 g/mol. The van der Waals surface area contributed by atoms with Gasteiger partial charge in [-0.2, -0.15) is 13.2 Å². The third-order valence-electron chi connectivity index (χ3n) is 4.62. The van der Waals surface area contributed by atoms with Crippen LogP contribution in [0.1, 0.15) is 24.7 Å². The number of hydrogen-bond donors (Lipinski definition) is 0. The SMILES string of the molecule is CCCn1nnnc1CN1CCN(c2ccc(C(F)(F)F)cc2[N+](=O)[O-])CC1. The van der Waals surface area contributed by atoms with Crippen LogP contribution >= 0.6 is 0 Å². The summed E-state index contributed by atoms with van der Waals surface area (Å²) < 4.78 is 40.3. The van der Waals surface area contributed by atoms with E-state index in [-0.39, 0.29) is 5.69 Å². The Morgan fingerprint density at radius 1 is 1.21 bits per heavy atom. The summed E-state index contributed by atoms with van der Waals surface area (Å²) in [5.74, 6) is 0.746. The maximum absolute atomic E-state index is 12.9. The minimum absolute atomic E-state index is 0.202. The molecule has 0 radical (unpaired) electrons. The summed E-state index contributed by atoms with van der Waals surface area (Å²) in [6.45, 7) is 5.41. The third kappa shape index (κ3) is 4.38. The van der Waals surface area contributed by atoms with Crippen LogP contribution in [0.2, 0.25) is 0 Å². The van der Waals surface area contributed by atoms with Gasteiger partial charge in [-0.05, 0) is 29.0 Å². The van der Waals surface area contributed by atoms with E-state index in [0.29, 0.717) is 38.8 Å². The highest BCUT2D eigenvalue weighted by molar-refractivity contribution is 5.65. The van der Waals surface area contributed by atoms with Gasteiger partial charge in [0.05, 0.1) is 17.0 Å². The molecule has 1 aromatic carbocycles. The van der Waals surface area contributed by atoms with Gasteiger partial charge in [0.2, 0.25) is 0 Å². The van der Waals surface area contributed by atoms with E-state index in [0.717, 1.165) is 24.9 Å². The van der Waals surface area contributed by atoms with Gasteiger partial charge in [0, 0.05) is 38.8 Å². The number of aryl methyl sites for hydroxylation is 1. The molecule has 1 fully saturated rings. The van der Waals surface area contributed by atoms with Gasteiger partial charge in [-0.15, -0.1) is 5.10 Å². The highest BCUT2D eigenvalue weighted by Gasteiger charge is 2.34. The number of aromatic nitrogens is 4. The normalized spacial score (nSPS) is 15.8. The lowest BCUT2D eigenvalue weighted by Crippen LogP contribution is -2.46. The molecule has 12 heteroatoms. The van der Waals surface area contributed by atoms with Crippen LogP contribution in [0, 0.1) is 10.1 Å². The first-order valence-electron chi connectivity index (χ1n) is 8.87. The number of halogens is 3. The number of benzene rings is 1. The van der Waals surface area contributed by atoms with Gasteiger partial charge in [-0.3, -0.25) is 15.0 Å². The molecule has 0 N–H and O–H groups in total. The molecule has 152 valence electrons. The number of nitrogens with zero attached hydrogens (tertiary/aromatic N) is 7. The van der Waals surface area contributed by atoms with Gasteiger partial charge >= 0.3 is 6.18 Å². The topological polar surface area (TPSA) is 93.2 Å². The van der Waals surface area contributed by atoms with Crippen LogP contribution in [0.25, 0.3) is 0 Å². The number of anilines is 1. The molecule has 9 nitrogen and oxygen atoms in total. The Labute approximate surface area is 158 Å². The van der Waals surface area contributed by atoms with Crippen LogP contribution in [0.15, 0.2) is 18.2 Å². The number of piperazine rings is 1. The van der Waals surface area contributed by atoms with Gasteiger partial charge in [-0.1, -0.05) is 6.92 Å². The minimum atomic E-state index is -4.62. The Balaban J connectivity index is 1.69. The van der Waals surface area contributed by atoms with Crippen molar-refractivity contribution in [3.8, 4) is 0 Å². The maximum atomic E-state index is 12.9. The number of hydrogen-bond acceptors (Lipinski definition) is 7. The summed E-state index contributed by atoms with van der Waals surface area (Å²) in [6, 6.07) is 2.66. The van der Waals surface area contributed by atoms with Crippen molar-refractivity contribution in [2.75, 3.05) is 31.1 Å². The van der Waals surface area contributed by atoms with Crippen LogP contribution in [-0.4, -0.2) is 56.2 Å². The van der Waals surface area contributed by atoms with E-state index in [2.05, 4.69) is 20.4 Å². The smallest absolute Gasteiger partial charge is 0.363 e. The fourth-order valence-corrected chi connectivity index (χ4v) is 3.18. The second-order valence-corrected chi connectivity index (χ2v) is 6.54. The molecule has 0 unspecified atom stereocenters. The van der Waals surface area contributed by atoms with Gasteiger partial charge in [0.25, 0.3) is 5.69 Å². The van der Waals surface area contributed by atoms with Crippen molar-refractivity contribution in [2.45, 2.75) is 32.6 Å². The van der Waals surface area contributed by atoms with E-state index in [9.17, 15) is 23.3 Å². The lowest BCUT2D eigenvalue weighted by Gasteiger charge is -2.35. The van der Waals surface area contributed by atoms with Crippen molar-refractivity contribution < 1.29 is 18.1 Å². The van der Waals surface area contributed by atoms with Crippen LogP contribution in [0.4, 0.5) is 24.5 Å². The van der Waals surface area contributed by atoms with Crippen molar-refractivity contribution in [1.29, 1.82) is 0 Å². The van der Waals surface area contributed by atoms with Crippen LogP contribution in [-0.2, 0) is 19.3 Å². The third-order valence-corrected chi connectivity index (χ3v) is 4.62. The van der Waals surface area contributed by atoms with Crippen LogP contribution in [0.3, 0.4) is 0 Å². The highest BCUT2D eigenvalue weighted by Crippen LogP contribution is 2.36. The van der Waals surface area contributed by atoms with Gasteiger partial charge in [0.1, 0.15) is 5.69 Å². The molecule has 0 amide bonds. The van der Waals surface area contributed by atoms with Crippen molar-refractivity contribution in [3.05, 3.63) is 39.7 Å². The summed E-state index contributed by atoms with van der Waals surface area (Å²) in [6.07, 6.45) is -3.71. The predicted octanol–water partition coefficient (Wildman–Crippen LogP) is 2.33. The Morgan fingerprint density at radius 2 is 1.93 bits per heavy atom. The molecule has 28 heavy (non-hydrogen) atoms. The molecule has 0 aliphatic carbocycles. The lowest BCUT2D eigenvalue weighted by molar-refractivity contribution is -0.384. The molecule has 1 aliphatic heterocycles. The van der Waals surface area contributed by atoms with E-state index >= 15 is 0 Å². The predicted molar refractivity (Wildman–Crippen MR) is 93.7 cm³/mol. The number of alkyl halides is 3. The fourth-order valence-electron chi connectivity index (χ4n) is 3.18. The summed E-state index contributed by atoms with van der Waals surface area (Å²) >= 11 is 0. The molecule has 2 aromatic rings. The standard InChI is InChI=1S/C16H20F3N7O2/c1-2-5-25-15(20-21-22-25)11-23-6-8-24(9-7-23)13-4-3-12(16(17,18)19)10-14(13)26(27)28/h3-4,10H,2,5-9,11H2,1H3. The second kappa shape index (κ2) is 8.09. The largest absolute Gasteiger partial charge is 0.416 e. The summed E-state index contributed by atoms with van der Waals surface area (Å²) in [5, 5.41) is 23.0. The Kier molecular flexibility index (Phi) is 5.77. The minimum Gasteiger partial charge on any atom is -0.363 e. The Morgan fingerprint density at radius 3 is 2.54 bits per heavy atom. The van der Waals surface area contributed by atoms with Crippen molar-refractivity contribution in [2.24, 2.45) is 0 Å². The molecule has 0 bridgehead atoms. The van der Waals surface area contributed by atoms with E-state index in [1.54, 1.807) is 9.58 Å². The first kappa shape index (κ1) is 20.0. The molecule has 0 atom stereocenters. The molecular formula is C16H20F3N7O2. The number of nitro benzene ring substituents is 1. The van der Waals surface area contributed by atoms with E-state index in [1.807, 2.05) is 6.92 Å². The number of tetrazole rings is 1. The van der Waals surface area contributed by atoms with E-state index in [4.69, 9.17) is 0 Å². The van der Waals surface area contributed by atoms with Gasteiger partial charge in [-0.25, -0.2) is 4.68 Å². The molecule has 2 heterocycles. The number of nitro groups is 1. The molecule has 1 aliphatic rings. The molecule has 0 spiro atoms. The second-order valence-electron chi connectivity index (χ2n) is 6.54.